The van der Waals surface area contributed by atoms with Crippen LogP contribution < -0.4 is 5.73 Å². The monoisotopic (exact) mass is 188 g/mol. The fourth-order valence-corrected chi connectivity index (χ4v) is 1.30. The minimum atomic E-state index is -0.453. The smallest absolute Gasteiger partial charge is 0.247 e. The minimum absolute atomic E-state index is 0.387. The number of rotatable bonds is 4. The lowest BCUT2D eigenvalue weighted by Gasteiger charge is -2.30. The summed E-state index contributed by atoms with van der Waals surface area (Å²) in [7, 11) is 1.66. The van der Waals surface area contributed by atoms with E-state index in [9.17, 15) is 4.79 Å². The minimum Gasteiger partial charge on any atom is -0.383 e. The van der Waals surface area contributed by atoms with Crippen molar-refractivity contribution in [2.24, 2.45) is 5.73 Å². The number of nitrogens with zero attached hydrogens (tertiary/aromatic N) is 1. The average Bonchev–Trinajstić information content (AvgIpc) is 2.15. The number of morpholine rings is 1. The zero-order valence-electron chi connectivity index (χ0n) is 7.86. The molecule has 1 fully saturated rings. The lowest BCUT2D eigenvalue weighted by atomic mass is 10.2. The third-order valence-electron chi connectivity index (χ3n) is 2.08. The normalized spacial score (nSPS) is 24.5. The molecule has 0 saturated carbocycles. The van der Waals surface area contributed by atoms with E-state index in [4.69, 9.17) is 15.2 Å². The highest BCUT2D eigenvalue weighted by Crippen LogP contribution is 2.03. The maximum absolute atomic E-state index is 10.8. The summed E-state index contributed by atoms with van der Waals surface area (Å²) >= 11 is 0. The maximum atomic E-state index is 10.8. The summed E-state index contributed by atoms with van der Waals surface area (Å²) in [5.74, 6) is -0.387. The summed E-state index contributed by atoms with van der Waals surface area (Å²) in [4.78, 5) is 12.9. The van der Waals surface area contributed by atoms with Gasteiger partial charge in [-0.3, -0.25) is 9.69 Å². The molecule has 0 spiro atoms. The predicted molar refractivity (Wildman–Crippen MR) is 47.3 cm³/mol. The molecule has 1 unspecified atom stereocenters. The number of nitrogens with two attached hydrogens (primary N) is 1. The Balaban J connectivity index is 2.29. The molecule has 0 aromatic carbocycles. The fourth-order valence-electron chi connectivity index (χ4n) is 1.30. The van der Waals surface area contributed by atoms with Crippen molar-refractivity contribution in [3.63, 3.8) is 0 Å². The molecule has 0 aliphatic carbocycles. The molecule has 1 atom stereocenters. The van der Waals surface area contributed by atoms with E-state index in [1.165, 1.54) is 0 Å². The Morgan fingerprint density at radius 3 is 3.15 bits per heavy atom. The number of ether oxygens (including phenoxy) is 2. The van der Waals surface area contributed by atoms with Crippen LogP contribution in [0.1, 0.15) is 0 Å². The van der Waals surface area contributed by atoms with Crippen molar-refractivity contribution in [2.45, 2.75) is 6.10 Å². The molecule has 0 aromatic heterocycles. The number of hydrogen-bond acceptors (Lipinski definition) is 4. The van der Waals surface area contributed by atoms with Crippen LogP contribution >= 0.6 is 0 Å². The summed E-state index contributed by atoms with van der Waals surface area (Å²) in [5, 5.41) is 0. The Morgan fingerprint density at radius 1 is 1.77 bits per heavy atom. The standard InChI is InChI=1S/C8H16N2O3/c1-12-4-2-10-3-5-13-7(6-10)8(9)11/h7H,2-6H2,1H3,(H2,9,11). The molecular weight excluding hydrogens is 172 g/mol. The quantitative estimate of drug-likeness (QED) is 0.603. The predicted octanol–water partition coefficient (Wildman–Crippen LogP) is -1.18. The van der Waals surface area contributed by atoms with E-state index in [2.05, 4.69) is 4.90 Å². The second kappa shape index (κ2) is 5.16. The molecule has 0 radical (unpaired) electrons. The van der Waals surface area contributed by atoms with E-state index >= 15 is 0 Å². The highest BCUT2D eigenvalue weighted by Gasteiger charge is 2.23. The van der Waals surface area contributed by atoms with E-state index in [0.29, 0.717) is 19.8 Å². The van der Waals surface area contributed by atoms with Gasteiger partial charge >= 0.3 is 0 Å². The van der Waals surface area contributed by atoms with Gasteiger partial charge in [-0.1, -0.05) is 0 Å². The maximum Gasteiger partial charge on any atom is 0.247 e. The van der Waals surface area contributed by atoms with Crippen LogP contribution in [-0.2, 0) is 14.3 Å². The largest absolute Gasteiger partial charge is 0.383 e. The Kier molecular flexibility index (Phi) is 4.14. The summed E-state index contributed by atoms with van der Waals surface area (Å²) < 4.78 is 10.1. The lowest BCUT2D eigenvalue weighted by molar-refractivity contribution is -0.135. The van der Waals surface area contributed by atoms with E-state index < -0.39 is 6.10 Å². The zero-order valence-corrected chi connectivity index (χ0v) is 7.86. The van der Waals surface area contributed by atoms with Gasteiger partial charge in [0.05, 0.1) is 13.2 Å². The number of hydrogen-bond donors (Lipinski definition) is 1. The molecule has 1 amide bonds. The SMILES string of the molecule is COCCN1CCOC(C(N)=O)C1. The first-order valence-corrected chi connectivity index (χ1v) is 4.36. The van der Waals surface area contributed by atoms with Gasteiger partial charge < -0.3 is 15.2 Å². The Bertz CT molecular complexity index is 175. The van der Waals surface area contributed by atoms with Gasteiger partial charge in [0.25, 0.3) is 0 Å². The van der Waals surface area contributed by atoms with Crippen LogP contribution in [0.5, 0.6) is 0 Å². The van der Waals surface area contributed by atoms with Gasteiger partial charge in [-0.15, -0.1) is 0 Å². The molecule has 13 heavy (non-hydrogen) atoms. The molecular formula is C8H16N2O3. The lowest BCUT2D eigenvalue weighted by Crippen LogP contribution is -2.49. The zero-order chi connectivity index (χ0) is 9.68. The van der Waals surface area contributed by atoms with Crippen molar-refractivity contribution in [3.05, 3.63) is 0 Å². The van der Waals surface area contributed by atoms with Gasteiger partial charge in [0.15, 0.2) is 0 Å². The number of amides is 1. The van der Waals surface area contributed by atoms with Gasteiger partial charge in [0, 0.05) is 26.7 Å². The number of primary amides is 1. The second-order valence-corrected chi connectivity index (χ2v) is 3.06. The van der Waals surface area contributed by atoms with E-state index in [1.54, 1.807) is 7.11 Å². The third kappa shape index (κ3) is 3.30. The van der Waals surface area contributed by atoms with Gasteiger partial charge in [-0.05, 0) is 0 Å². The van der Waals surface area contributed by atoms with Crippen LogP contribution in [0.4, 0.5) is 0 Å². The van der Waals surface area contributed by atoms with E-state index in [1.807, 2.05) is 0 Å². The van der Waals surface area contributed by atoms with E-state index in [-0.39, 0.29) is 5.91 Å². The van der Waals surface area contributed by atoms with Gasteiger partial charge in [0.1, 0.15) is 6.10 Å². The Labute approximate surface area is 77.8 Å². The molecule has 1 rings (SSSR count). The summed E-state index contributed by atoms with van der Waals surface area (Å²) in [6, 6.07) is 0. The first kappa shape index (κ1) is 10.4. The van der Waals surface area contributed by atoms with E-state index in [0.717, 1.165) is 13.1 Å². The van der Waals surface area contributed by atoms with Crippen LogP contribution in [0.15, 0.2) is 0 Å². The van der Waals surface area contributed by atoms with Crippen molar-refractivity contribution in [2.75, 3.05) is 40.0 Å². The van der Waals surface area contributed by atoms with Gasteiger partial charge in [0.2, 0.25) is 5.91 Å². The van der Waals surface area contributed by atoms with Gasteiger partial charge in [-0.2, -0.15) is 0 Å². The molecule has 1 saturated heterocycles. The molecule has 2 N–H and O–H groups in total. The first-order chi connectivity index (χ1) is 6.24. The van der Waals surface area contributed by atoms with Crippen LogP contribution in [0.3, 0.4) is 0 Å². The molecule has 76 valence electrons. The number of carbonyl (C=O) groups excluding carboxylic acids is 1. The number of carbonyl (C=O) groups is 1. The Hall–Kier alpha value is -0.650. The highest BCUT2D eigenvalue weighted by atomic mass is 16.5. The molecule has 1 heterocycles. The van der Waals surface area contributed by atoms with Crippen molar-refractivity contribution < 1.29 is 14.3 Å². The van der Waals surface area contributed by atoms with Gasteiger partial charge in [-0.25, -0.2) is 0 Å². The van der Waals surface area contributed by atoms with Crippen LogP contribution in [0.25, 0.3) is 0 Å². The van der Waals surface area contributed by atoms with Crippen LogP contribution in [0.2, 0.25) is 0 Å². The van der Waals surface area contributed by atoms with Crippen molar-refractivity contribution >= 4 is 5.91 Å². The molecule has 5 nitrogen and oxygen atoms in total. The highest BCUT2D eigenvalue weighted by molar-refractivity contribution is 5.79. The van der Waals surface area contributed by atoms with Crippen LogP contribution in [0, 0.1) is 0 Å². The van der Waals surface area contributed by atoms with Crippen LogP contribution in [-0.4, -0.2) is 56.9 Å². The summed E-state index contributed by atoms with van der Waals surface area (Å²) in [6.45, 7) is 3.48. The summed E-state index contributed by atoms with van der Waals surface area (Å²) in [5.41, 5.74) is 5.14. The number of methoxy groups -OCH3 is 1. The Morgan fingerprint density at radius 2 is 2.54 bits per heavy atom. The van der Waals surface area contributed by atoms with Crippen molar-refractivity contribution in [1.29, 1.82) is 0 Å². The fraction of sp³-hybridized carbons (Fsp3) is 0.875. The van der Waals surface area contributed by atoms with Crippen molar-refractivity contribution in [3.8, 4) is 0 Å². The molecule has 1 aliphatic rings. The molecule has 0 bridgehead atoms. The van der Waals surface area contributed by atoms with Crippen molar-refractivity contribution in [1.82, 2.24) is 4.90 Å². The second-order valence-electron chi connectivity index (χ2n) is 3.06. The molecule has 1 aliphatic heterocycles. The third-order valence-corrected chi connectivity index (χ3v) is 2.08. The summed E-state index contributed by atoms with van der Waals surface area (Å²) in [6.07, 6.45) is -0.453. The molecule has 5 heteroatoms. The topological polar surface area (TPSA) is 64.8 Å². The first-order valence-electron chi connectivity index (χ1n) is 4.36. The average molecular weight is 188 g/mol. The molecule has 0 aromatic rings.